The third-order valence-corrected chi connectivity index (χ3v) is 4.18. The molecular formula is C13H13NS. The molecule has 2 heteroatoms. The molecule has 1 heterocycles. The van der Waals surface area contributed by atoms with Gasteiger partial charge in [-0.1, -0.05) is 31.2 Å². The summed E-state index contributed by atoms with van der Waals surface area (Å²) in [5.74, 6) is 0.565. The molecule has 1 unspecified atom stereocenters. The van der Waals surface area contributed by atoms with E-state index in [0.717, 1.165) is 12.1 Å². The van der Waals surface area contributed by atoms with Gasteiger partial charge in [-0.3, -0.25) is 0 Å². The van der Waals surface area contributed by atoms with Crippen LogP contribution in [-0.4, -0.2) is 0 Å². The first kappa shape index (κ1) is 8.98. The van der Waals surface area contributed by atoms with Crippen molar-refractivity contribution < 1.29 is 0 Å². The van der Waals surface area contributed by atoms with Gasteiger partial charge in [0.1, 0.15) is 0 Å². The molecule has 0 amide bonds. The fraction of sp³-hybridized carbons (Fsp3) is 0.231. The maximum Gasteiger partial charge on any atom is 0.0539 e. The van der Waals surface area contributed by atoms with E-state index in [1.54, 1.807) is 0 Å². The number of benzene rings is 1. The lowest BCUT2D eigenvalue weighted by Gasteiger charge is -2.09. The zero-order valence-corrected chi connectivity index (χ0v) is 9.47. The quantitative estimate of drug-likeness (QED) is 0.712. The van der Waals surface area contributed by atoms with Gasteiger partial charge in [-0.25, -0.2) is 0 Å². The van der Waals surface area contributed by atoms with Gasteiger partial charge in [0, 0.05) is 15.8 Å². The molecule has 0 bridgehead atoms. The summed E-state index contributed by atoms with van der Waals surface area (Å²) in [6.45, 7) is 2.22. The molecule has 1 aromatic carbocycles. The summed E-state index contributed by atoms with van der Waals surface area (Å²) in [5.41, 5.74) is 7.16. The van der Waals surface area contributed by atoms with Crippen LogP contribution in [0.25, 0.3) is 21.9 Å². The number of hydrogen-bond donors (Lipinski definition) is 1. The molecule has 2 N–H and O–H groups in total. The van der Waals surface area contributed by atoms with Crippen LogP contribution in [0.3, 0.4) is 0 Å². The van der Waals surface area contributed by atoms with Crippen molar-refractivity contribution >= 4 is 33.2 Å². The van der Waals surface area contributed by atoms with Crippen LogP contribution < -0.4 is 15.5 Å². The van der Waals surface area contributed by atoms with E-state index in [4.69, 9.17) is 5.73 Å². The van der Waals surface area contributed by atoms with Crippen molar-refractivity contribution in [1.82, 2.24) is 0 Å². The highest BCUT2D eigenvalue weighted by Gasteiger charge is 2.11. The second-order valence-electron chi connectivity index (χ2n) is 4.21. The van der Waals surface area contributed by atoms with Crippen molar-refractivity contribution in [2.75, 3.05) is 0 Å². The van der Waals surface area contributed by atoms with Gasteiger partial charge in [-0.2, -0.15) is 0 Å². The molecule has 1 nitrogen and oxygen atoms in total. The Kier molecular flexibility index (Phi) is 1.86. The van der Waals surface area contributed by atoms with Gasteiger partial charge in [0.15, 0.2) is 0 Å². The predicted octanol–water partition coefficient (Wildman–Crippen LogP) is 1.79. The molecule has 2 aromatic rings. The Balaban J connectivity index is 2.57. The van der Waals surface area contributed by atoms with Gasteiger partial charge in [0.2, 0.25) is 0 Å². The zero-order chi connectivity index (χ0) is 10.4. The molecule has 1 aliphatic rings. The van der Waals surface area contributed by atoms with Crippen molar-refractivity contribution in [3.8, 4) is 0 Å². The molecule has 0 aliphatic heterocycles. The minimum atomic E-state index is 0.565. The van der Waals surface area contributed by atoms with E-state index in [1.807, 2.05) is 11.3 Å². The van der Waals surface area contributed by atoms with Gasteiger partial charge < -0.3 is 5.73 Å². The topological polar surface area (TPSA) is 26.0 Å². The first-order valence-corrected chi connectivity index (χ1v) is 6.05. The number of thiophene rings is 1. The van der Waals surface area contributed by atoms with Crippen molar-refractivity contribution in [1.29, 1.82) is 0 Å². The van der Waals surface area contributed by atoms with E-state index in [2.05, 4.69) is 37.3 Å². The number of nitrogens with two attached hydrogens (primary N) is 1. The van der Waals surface area contributed by atoms with Crippen molar-refractivity contribution in [2.45, 2.75) is 13.3 Å². The lowest BCUT2D eigenvalue weighted by molar-refractivity contribution is 0.781. The number of hydrogen-bond acceptors (Lipinski definition) is 2. The van der Waals surface area contributed by atoms with Gasteiger partial charge in [0.25, 0.3) is 0 Å². The molecule has 3 rings (SSSR count). The summed E-state index contributed by atoms with van der Waals surface area (Å²) < 4.78 is 2.63. The molecule has 0 radical (unpaired) electrons. The number of fused-ring (bicyclic) bond motifs is 3. The molecule has 0 spiro atoms. The molecule has 1 aromatic heterocycles. The summed E-state index contributed by atoms with van der Waals surface area (Å²) in [4.78, 5) is 0. The van der Waals surface area contributed by atoms with E-state index in [-0.39, 0.29) is 0 Å². The Morgan fingerprint density at radius 3 is 3.00 bits per heavy atom. The van der Waals surface area contributed by atoms with E-state index >= 15 is 0 Å². The minimum Gasteiger partial charge on any atom is -0.401 e. The van der Waals surface area contributed by atoms with Gasteiger partial charge in [-0.05, 0) is 23.6 Å². The Bertz CT molecular complexity index is 636. The van der Waals surface area contributed by atoms with Crippen LogP contribution in [0, 0.1) is 5.92 Å². The minimum absolute atomic E-state index is 0.565. The van der Waals surface area contributed by atoms with Crippen LogP contribution in [0.15, 0.2) is 24.3 Å². The van der Waals surface area contributed by atoms with Crippen molar-refractivity contribution in [2.24, 2.45) is 11.7 Å². The van der Waals surface area contributed by atoms with Crippen LogP contribution >= 0.6 is 11.3 Å². The van der Waals surface area contributed by atoms with Crippen LogP contribution in [-0.2, 0) is 0 Å². The monoisotopic (exact) mass is 215 g/mol. The van der Waals surface area contributed by atoms with Crippen molar-refractivity contribution in [3.63, 3.8) is 0 Å². The molecule has 15 heavy (non-hydrogen) atoms. The molecule has 1 atom stereocenters. The van der Waals surface area contributed by atoms with E-state index < -0.39 is 0 Å². The van der Waals surface area contributed by atoms with Crippen molar-refractivity contribution in [3.05, 3.63) is 34.0 Å². The molecule has 0 fully saturated rings. The van der Waals surface area contributed by atoms with Gasteiger partial charge >= 0.3 is 0 Å². The van der Waals surface area contributed by atoms with Crippen LogP contribution in [0.4, 0.5) is 0 Å². The van der Waals surface area contributed by atoms with Gasteiger partial charge in [0.05, 0.1) is 4.53 Å². The fourth-order valence-corrected chi connectivity index (χ4v) is 3.41. The standard InChI is InChI=1S/C13H13NS/c1-8-6-10-9-4-2-3-5-12(9)15-13(10)11(14)7-8/h2-6,8H,7,14H2,1H3. The Hall–Kier alpha value is -1.28. The fourth-order valence-electron chi connectivity index (χ4n) is 2.25. The lowest BCUT2D eigenvalue weighted by Crippen LogP contribution is -2.30. The highest BCUT2D eigenvalue weighted by atomic mass is 32.1. The highest BCUT2D eigenvalue weighted by molar-refractivity contribution is 7.17. The van der Waals surface area contributed by atoms with Crippen LogP contribution in [0.5, 0.6) is 0 Å². The lowest BCUT2D eigenvalue weighted by atomic mass is 9.99. The second kappa shape index (κ2) is 3.11. The van der Waals surface area contributed by atoms with E-state index in [1.165, 1.54) is 19.8 Å². The van der Waals surface area contributed by atoms with Crippen LogP contribution in [0.1, 0.15) is 13.3 Å². The average Bonchev–Trinajstić information content (AvgIpc) is 2.57. The summed E-state index contributed by atoms with van der Waals surface area (Å²) in [7, 11) is 0. The third kappa shape index (κ3) is 1.29. The summed E-state index contributed by atoms with van der Waals surface area (Å²) in [6.07, 6.45) is 3.35. The summed E-state index contributed by atoms with van der Waals surface area (Å²) in [6, 6.07) is 8.54. The predicted molar refractivity (Wildman–Crippen MR) is 66.9 cm³/mol. The SMILES string of the molecule is CC1C=c2c(sc3ccccc23)=C(N)C1. The average molecular weight is 215 g/mol. The maximum absolute atomic E-state index is 6.11. The molecule has 0 saturated heterocycles. The normalized spacial score (nSPS) is 20.1. The first-order chi connectivity index (χ1) is 7.25. The Morgan fingerprint density at radius 2 is 2.13 bits per heavy atom. The second-order valence-corrected chi connectivity index (χ2v) is 5.27. The maximum atomic E-state index is 6.11. The molecule has 76 valence electrons. The smallest absolute Gasteiger partial charge is 0.0539 e. The van der Waals surface area contributed by atoms with E-state index in [9.17, 15) is 0 Å². The highest BCUT2D eigenvalue weighted by Crippen LogP contribution is 2.18. The Morgan fingerprint density at radius 1 is 1.33 bits per heavy atom. The van der Waals surface area contributed by atoms with Gasteiger partial charge in [-0.15, -0.1) is 11.3 Å². The first-order valence-electron chi connectivity index (χ1n) is 5.24. The molecular weight excluding hydrogens is 202 g/mol. The summed E-state index contributed by atoms with van der Waals surface area (Å²) in [5, 5.41) is 2.71. The van der Waals surface area contributed by atoms with E-state index in [0.29, 0.717) is 5.92 Å². The Labute approximate surface area is 92.5 Å². The zero-order valence-electron chi connectivity index (χ0n) is 8.66. The third-order valence-electron chi connectivity index (χ3n) is 2.92. The largest absolute Gasteiger partial charge is 0.401 e. The number of rotatable bonds is 0. The summed E-state index contributed by atoms with van der Waals surface area (Å²) >= 11 is 1.82. The molecule has 0 saturated carbocycles. The van der Waals surface area contributed by atoms with Crippen LogP contribution in [0.2, 0.25) is 0 Å². The molecule has 1 aliphatic carbocycles.